The van der Waals surface area contributed by atoms with Gasteiger partial charge in [0.1, 0.15) is 0 Å². The zero-order valence-corrected chi connectivity index (χ0v) is 19.1. The van der Waals surface area contributed by atoms with Crippen LogP contribution in [0.15, 0.2) is 18.2 Å². The van der Waals surface area contributed by atoms with Gasteiger partial charge in [-0.3, -0.25) is 9.59 Å². The van der Waals surface area contributed by atoms with Crippen molar-refractivity contribution < 1.29 is 19.8 Å². The number of carboxylic acids is 2. The molecule has 0 aliphatic carbocycles. The number of halogens is 5. The summed E-state index contributed by atoms with van der Waals surface area (Å²) in [6.45, 7) is 4.78. The molecule has 1 heterocycles. The van der Waals surface area contributed by atoms with E-state index in [-0.39, 0.29) is 15.6 Å². The standard InChI is InChI=1S/C18H20Cl5NO4/c1-8-16(3,14(25)26)13(10-5-4-6-11(19)12(10)20)17(15(27)28,9(2)24-8)7-18(21,22)23/h4-6,8-9,13,24H,7H2,1-3H3,(H,25,26)(H,27,28). The van der Waals surface area contributed by atoms with Crippen LogP contribution in [0, 0.1) is 10.8 Å². The summed E-state index contributed by atoms with van der Waals surface area (Å²) in [7, 11) is 0. The number of carboxylic acid groups (broad SMARTS) is 2. The first-order valence-electron chi connectivity index (χ1n) is 8.43. The molecule has 0 spiro atoms. The predicted octanol–water partition coefficient (Wildman–Crippen LogP) is 5.38. The highest BCUT2D eigenvalue weighted by molar-refractivity contribution is 6.67. The van der Waals surface area contributed by atoms with Crippen molar-refractivity contribution in [2.75, 3.05) is 0 Å². The maximum Gasteiger partial charge on any atom is 0.312 e. The van der Waals surface area contributed by atoms with Crippen molar-refractivity contribution >= 4 is 69.9 Å². The molecule has 156 valence electrons. The topological polar surface area (TPSA) is 86.6 Å². The van der Waals surface area contributed by atoms with Crippen molar-refractivity contribution in [1.82, 2.24) is 5.32 Å². The lowest BCUT2D eigenvalue weighted by molar-refractivity contribution is -0.171. The normalized spacial score (nSPS) is 33.5. The zero-order valence-electron chi connectivity index (χ0n) is 15.3. The van der Waals surface area contributed by atoms with Crippen LogP contribution in [0.4, 0.5) is 0 Å². The lowest BCUT2D eigenvalue weighted by Gasteiger charge is -2.57. The van der Waals surface area contributed by atoms with E-state index in [1.807, 2.05) is 0 Å². The largest absolute Gasteiger partial charge is 0.481 e. The lowest BCUT2D eigenvalue weighted by atomic mass is 9.51. The van der Waals surface area contributed by atoms with Gasteiger partial charge >= 0.3 is 11.9 Å². The minimum atomic E-state index is -1.95. The van der Waals surface area contributed by atoms with Gasteiger partial charge in [0.15, 0.2) is 3.79 Å². The Bertz CT molecular complexity index is 799. The summed E-state index contributed by atoms with van der Waals surface area (Å²) < 4.78 is -1.95. The Labute approximate surface area is 188 Å². The van der Waals surface area contributed by atoms with Crippen molar-refractivity contribution in [3.8, 4) is 0 Å². The van der Waals surface area contributed by atoms with Crippen LogP contribution < -0.4 is 5.32 Å². The number of hydrogen-bond acceptors (Lipinski definition) is 3. The van der Waals surface area contributed by atoms with Gasteiger partial charge in [-0.1, -0.05) is 70.1 Å². The molecule has 5 unspecified atom stereocenters. The average Bonchev–Trinajstić information content (AvgIpc) is 2.54. The van der Waals surface area contributed by atoms with E-state index in [1.54, 1.807) is 26.0 Å². The van der Waals surface area contributed by atoms with Gasteiger partial charge in [-0.2, -0.15) is 0 Å². The Balaban J connectivity index is 2.95. The summed E-state index contributed by atoms with van der Waals surface area (Å²) in [5, 5.41) is 23.8. The van der Waals surface area contributed by atoms with Crippen molar-refractivity contribution in [1.29, 1.82) is 0 Å². The Morgan fingerprint density at radius 1 is 1.11 bits per heavy atom. The van der Waals surface area contributed by atoms with Crippen LogP contribution in [0.5, 0.6) is 0 Å². The molecule has 0 radical (unpaired) electrons. The van der Waals surface area contributed by atoms with Crippen LogP contribution >= 0.6 is 58.0 Å². The quantitative estimate of drug-likeness (QED) is 0.493. The van der Waals surface area contributed by atoms with Crippen LogP contribution in [0.1, 0.15) is 38.7 Å². The Hall–Kier alpha value is -0.430. The van der Waals surface area contributed by atoms with Crippen LogP contribution in [0.2, 0.25) is 10.0 Å². The summed E-state index contributed by atoms with van der Waals surface area (Å²) >= 11 is 30.7. The average molecular weight is 492 g/mol. The molecule has 1 aliphatic heterocycles. The SMILES string of the molecule is CC1NC(C)C(CC(Cl)(Cl)Cl)(C(=O)O)C(c2cccc(Cl)c2Cl)C1(C)C(=O)O. The van der Waals surface area contributed by atoms with Crippen molar-refractivity contribution in [3.05, 3.63) is 33.8 Å². The molecule has 10 heteroatoms. The van der Waals surface area contributed by atoms with Crippen LogP contribution in [0.25, 0.3) is 0 Å². The van der Waals surface area contributed by atoms with Gasteiger partial charge in [-0.25, -0.2) is 0 Å². The summed E-state index contributed by atoms with van der Waals surface area (Å²) in [4.78, 5) is 25.1. The molecule has 0 aromatic heterocycles. The number of rotatable bonds is 4. The first-order chi connectivity index (χ1) is 12.7. The van der Waals surface area contributed by atoms with E-state index in [1.165, 1.54) is 13.0 Å². The number of aliphatic carboxylic acids is 2. The minimum absolute atomic E-state index is 0.0814. The molecule has 1 saturated heterocycles. The third-order valence-corrected chi connectivity index (χ3v) is 7.17. The molecule has 1 fully saturated rings. The molecule has 1 aromatic carbocycles. The monoisotopic (exact) mass is 489 g/mol. The molecule has 5 atom stereocenters. The third-order valence-electron chi connectivity index (χ3n) is 5.93. The van der Waals surface area contributed by atoms with Gasteiger partial charge < -0.3 is 15.5 Å². The second-order valence-electron chi connectivity index (χ2n) is 7.41. The predicted molar refractivity (Wildman–Crippen MR) is 112 cm³/mol. The van der Waals surface area contributed by atoms with Gasteiger partial charge in [0.05, 0.1) is 20.9 Å². The summed E-state index contributed by atoms with van der Waals surface area (Å²) in [6.07, 6.45) is -0.433. The smallest absolute Gasteiger partial charge is 0.312 e. The molecule has 1 aliphatic rings. The molecule has 0 bridgehead atoms. The van der Waals surface area contributed by atoms with Gasteiger partial charge in [0.2, 0.25) is 0 Å². The fraction of sp³-hybridized carbons (Fsp3) is 0.556. The Morgan fingerprint density at radius 2 is 1.68 bits per heavy atom. The molecule has 1 aromatic rings. The summed E-state index contributed by atoms with van der Waals surface area (Å²) in [6, 6.07) is 3.36. The highest BCUT2D eigenvalue weighted by Crippen LogP contribution is 2.60. The minimum Gasteiger partial charge on any atom is -0.481 e. The zero-order chi connectivity index (χ0) is 21.7. The second-order valence-corrected chi connectivity index (χ2v) is 10.7. The fourth-order valence-electron chi connectivity index (χ4n) is 4.36. The first-order valence-corrected chi connectivity index (χ1v) is 10.3. The Kier molecular flexibility index (Phi) is 6.82. The molecular weight excluding hydrogens is 471 g/mol. The van der Waals surface area contributed by atoms with E-state index in [0.717, 1.165) is 0 Å². The van der Waals surface area contributed by atoms with Gasteiger partial charge in [0.25, 0.3) is 0 Å². The second kappa shape index (κ2) is 8.01. The van der Waals surface area contributed by atoms with Crippen molar-refractivity contribution in [3.63, 3.8) is 0 Å². The summed E-state index contributed by atoms with van der Waals surface area (Å²) in [5.41, 5.74) is -3.09. The molecule has 0 saturated carbocycles. The molecule has 5 nitrogen and oxygen atoms in total. The van der Waals surface area contributed by atoms with E-state index in [4.69, 9.17) is 58.0 Å². The number of carbonyl (C=O) groups is 2. The van der Waals surface area contributed by atoms with Crippen molar-refractivity contribution in [2.45, 2.75) is 49.0 Å². The van der Waals surface area contributed by atoms with E-state index in [2.05, 4.69) is 5.32 Å². The number of nitrogens with one attached hydrogen (secondary N) is 1. The third kappa shape index (κ3) is 3.82. The first kappa shape index (κ1) is 23.8. The van der Waals surface area contributed by atoms with E-state index >= 15 is 0 Å². The van der Waals surface area contributed by atoms with E-state index in [9.17, 15) is 19.8 Å². The van der Waals surface area contributed by atoms with Gasteiger partial charge in [-0.05, 0) is 32.4 Å². The van der Waals surface area contributed by atoms with E-state index in [0.29, 0.717) is 0 Å². The molecule has 2 rings (SSSR count). The highest BCUT2D eigenvalue weighted by atomic mass is 35.6. The van der Waals surface area contributed by atoms with Crippen LogP contribution in [-0.4, -0.2) is 38.0 Å². The number of benzene rings is 1. The fourth-order valence-corrected chi connectivity index (χ4v) is 5.44. The number of hydrogen-bond donors (Lipinski definition) is 3. The van der Waals surface area contributed by atoms with Crippen molar-refractivity contribution in [2.24, 2.45) is 10.8 Å². The maximum absolute atomic E-state index is 12.7. The molecule has 0 amide bonds. The number of piperidine rings is 1. The molecule has 28 heavy (non-hydrogen) atoms. The summed E-state index contributed by atoms with van der Waals surface area (Å²) in [5.74, 6) is -3.63. The highest BCUT2D eigenvalue weighted by Gasteiger charge is 2.66. The number of alkyl halides is 3. The van der Waals surface area contributed by atoms with Gasteiger partial charge in [0, 0.05) is 24.4 Å². The maximum atomic E-state index is 12.7. The Morgan fingerprint density at radius 3 is 2.14 bits per heavy atom. The van der Waals surface area contributed by atoms with Gasteiger partial charge in [-0.15, -0.1) is 0 Å². The van der Waals surface area contributed by atoms with Crippen LogP contribution in [0.3, 0.4) is 0 Å². The van der Waals surface area contributed by atoms with Crippen LogP contribution in [-0.2, 0) is 9.59 Å². The molecular formula is C18H20Cl5NO4. The lowest BCUT2D eigenvalue weighted by Crippen LogP contribution is -2.69. The molecule has 3 N–H and O–H groups in total. The van der Waals surface area contributed by atoms with E-state index < -0.39 is 51.0 Å².